The number of hydrogen-bond acceptors (Lipinski definition) is 14. The molecule has 7 aromatic rings. The molecule has 0 amide bonds. The predicted octanol–water partition coefficient (Wildman–Crippen LogP) is 9.49. The largest absolute Gasteiger partial charge is 0.298 e. The lowest BCUT2D eigenvalue weighted by atomic mass is 9.99. The number of hydrogen-bond donors (Lipinski definition) is 0. The van der Waals surface area contributed by atoms with E-state index in [1.54, 1.807) is 121 Å². The van der Waals surface area contributed by atoms with Gasteiger partial charge in [-0.25, -0.2) is 50.5 Å². The van der Waals surface area contributed by atoms with E-state index in [-0.39, 0.29) is 134 Å². The summed E-state index contributed by atoms with van der Waals surface area (Å²) in [4.78, 5) is 4.71. The minimum absolute atomic E-state index is 0.0249. The van der Waals surface area contributed by atoms with Crippen molar-refractivity contribution in [3.05, 3.63) is 213 Å². The molecule has 0 unspecified atom stereocenters. The monoisotopic (exact) mass is 1450 g/mol. The summed E-state index contributed by atoms with van der Waals surface area (Å²) >= 11 is 0. The van der Waals surface area contributed by atoms with Gasteiger partial charge in [0.25, 0.3) is 0 Å². The maximum absolute atomic E-state index is 14.8. The second-order valence-corrected chi connectivity index (χ2v) is 37.6. The summed E-state index contributed by atoms with van der Waals surface area (Å²) in [6, 6.07) is 43.5. The lowest BCUT2D eigenvalue weighted by Gasteiger charge is -2.32. The third-order valence-electron chi connectivity index (χ3n) is 18.5. The lowest BCUT2D eigenvalue weighted by Crippen LogP contribution is -2.45. The SMILES string of the molecule is Cc1ccc(S(=O)(=O)N2CCCN(S(=O)(=O)c3ccc(C)cc3)CCN(S(=O)(=O)c3ccc(C)cc3)CCCN(Cc3cc(C)c(CN4CCCN(S(=O)(=O)c5ccc(C)cc5)CCN(S(=O)(=O)c5ccc(C)cc5)CCCN(S(=O)(=O)c5ccc(C)cc5)CC4)cc3C)CC2)cc1. The fourth-order valence-corrected chi connectivity index (χ4v) is 21.1. The Hall–Kier alpha value is -6.08. The second kappa shape index (κ2) is 32.7. The first-order valence-corrected chi connectivity index (χ1v) is 41.9. The molecule has 2 aliphatic heterocycles. The highest BCUT2D eigenvalue weighted by Gasteiger charge is 2.35. The van der Waals surface area contributed by atoms with Gasteiger partial charge in [0, 0.05) is 105 Å². The van der Waals surface area contributed by atoms with E-state index < -0.39 is 60.1 Å². The molecule has 2 fully saturated rings. The van der Waals surface area contributed by atoms with Crippen molar-refractivity contribution in [3.8, 4) is 0 Å². The van der Waals surface area contributed by atoms with Crippen LogP contribution in [0.15, 0.2) is 187 Å². The fraction of sp³-hybridized carbons (Fsp3) is 0.417. The predicted molar refractivity (Wildman–Crippen MR) is 385 cm³/mol. The van der Waals surface area contributed by atoms with Gasteiger partial charge in [0.2, 0.25) is 60.1 Å². The first kappa shape index (κ1) is 76.1. The smallest absolute Gasteiger partial charge is 0.243 e. The van der Waals surface area contributed by atoms with Gasteiger partial charge < -0.3 is 0 Å². The van der Waals surface area contributed by atoms with Crippen molar-refractivity contribution in [1.29, 1.82) is 0 Å². The normalized spacial score (nSPS) is 18.0. The Balaban J connectivity index is 1.02. The summed E-state index contributed by atoms with van der Waals surface area (Å²) in [7, 11) is -24.9. The highest BCUT2D eigenvalue weighted by molar-refractivity contribution is 7.90. The van der Waals surface area contributed by atoms with Crippen LogP contribution in [0, 0.1) is 55.4 Å². The standard InChI is InChI=1S/C72H94N8O12S6/c1-57-13-25-67(26-14-57)93(81,82)75-41-11-43-79(97(89,90)71-33-21-61(5)22-34-71)51-49-77(95(85,86)69-29-17-59(3)18-30-69)39-9-37-73(45-47-75)55-65-53-64(8)66(54-63(65)7)56-74-38-10-40-78(96(87,88)70-31-19-60(4)20-32-70)50-52-80(98(91,92)72-35-23-62(6)24-36-72)44-12-42-76(48-46-74)94(83,84)68-27-15-58(2)16-28-68/h13-36,53-54H,9-12,37-52,55-56H2,1-8H3. The molecule has 20 nitrogen and oxygen atoms in total. The van der Waals surface area contributed by atoms with E-state index in [2.05, 4.69) is 21.9 Å². The summed E-state index contributed by atoms with van der Waals surface area (Å²) in [5, 5.41) is 0. The molecule has 0 aromatic heterocycles. The molecule has 26 heteroatoms. The van der Waals surface area contributed by atoms with Gasteiger partial charge in [0.05, 0.1) is 29.4 Å². The van der Waals surface area contributed by atoms with E-state index in [0.717, 1.165) is 55.6 Å². The van der Waals surface area contributed by atoms with Crippen LogP contribution in [0.4, 0.5) is 0 Å². The van der Waals surface area contributed by atoms with Gasteiger partial charge in [0.15, 0.2) is 0 Å². The number of nitrogens with zero attached hydrogens (tertiary/aromatic N) is 8. The van der Waals surface area contributed by atoms with Crippen molar-refractivity contribution in [2.75, 3.05) is 105 Å². The first-order chi connectivity index (χ1) is 46.3. The zero-order valence-corrected chi connectivity index (χ0v) is 62.4. The molecule has 9 rings (SSSR count). The molecule has 7 aromatic carbocycles. The maximum Gasteiger partial charge on any atom is 0.243 e. The topological polar surface area (TPSA) is 231 Å². The van der Waals surface area contributed by atoms with Gasteiger partial charge in [-0.3, -0.25) is 9.80 Å². The van der Waals surface area contributed by atoms with Crippen LogP contribution in [-0.4, -0.2) is 191 Å². The average molecular weight is 1460 g/mol. The van der Waals surface area contributed by atoms with Crippen molar-refractivity contribution < 1.29 is 50.5 Å². The van der Waals surface area contributed by atoms with Crippen LogP contribution in [0.1, 0.15) is 81.3 Å². The molecule has 0 radical (unpaired) electrons. The summed E-state index contributed by atoms with van der Waals surface area (Å²) in [6.07, 6.45) is 0.806. The Morgan fingerprint density at radius 2 is 0.388 bits per heavy atom. The number of benzene rings is 7. The zero-order chi connectivity index (χ0) is 70.8. The molecule has 0 saturated carbocycles. The van der Waals surface area contributed by atoms with Crippen molar-refractivity contribution in [3.63, 3.8) is 0 Å². The number of sulfonamides is 6. The van der Waals surface area contributed by atoms with Crippen molar-refractivity contribution in [2.24, 2.45) is 0 Å². The van der Waals surface area contributed by atoms with Crippen LogP contribution in [0.3, 0.4) is 0 Å². The molecule has 2 aliphatic rings. The Bertz CT molecular complexity index is 4280. The minimum Gasteiger partial charge on any atom is -0.298 e. The zero-order valence-electron chi connectivity index (χ0n) is 57.5. The molecule has 98 heavy (non-hydrogen) atoms. The molecule has 0 aliphatic carbocycles. The van der Waals surface area contributed by atoms with E-state index >= 15 is 0 Å². The van der Waals surface area contributed by atoms with Gasteiger partial charge in [-0.1, -0.05) is 118 Å². The van der Waals surface area contributed by atoms with Gasteiger partial charge in [-0.15, -0.1) is 0 Å². The Kier molecular flexibility index (Phi) is 25.4. The van der Waals surface area contributed by atoms with E-state index in [0.29, 0.717) is 39.0 Å². The molecule has 0 N–H and O–H groups in total. The average Bonchev–Trinajstić information content (AvgIpc) is 0.819. The molecule has 0 bridgehead atoms. The van der Waals surface area contributed by atoms with E-state index in [9.17, 15) is 50.5 Å². The second-order valence-electron chi connectivity index (χ2n) is 26.0. The Labute approximate surface area is 583 Å². The molecular formula is C72H94N8O12S6. The van der Waals surface area contributed by atoms with E-state index in [1.807, 2.05) is 55.4 Å². The van der Waals surface area contributed by atoms with Crippen LogP contribution in [0.25, 0.3) is 0 Å². The van der Waals surface area contributed by atoms with Gasteiger partial charge in [-0.05, 0) is 189 Å². The van der Waals surface area contributed by atoms with Gasteiger partial charge in [0.1, 0.15) is 0 Å². The first-order valence-electron chi connectivity index (χ1n) is 33.3. The van der Waals surface area contributed by atoms with Crippen LogP contribution < -0.4 is 0 Å². The third kappa shape index (κ3) is 18.9. The highest BCUT2D eigenvalue weighted by Crippen LogP contribution is 2.28. The molecule has 2 saturated heterocycles. The quantitative estimate of drug-likeness (QED) is 0.0877. The fourth-order valence-electron chi connectivity index (χ4n) is 12.3. The molecule has 530 valence electrons. The minimum atomic E-state index is -4.18. The Morgan fingerprint density at radius 3 is 0.571 bits per heavy atom. The van der Waals surface area contributed by atoms with Gasteiger partial charge >= 0.3 is 0 Å². The maximum atomic E-state index is 14.8. The van der Waals surface area contributed by atoms with Crippen LogP contribution in [0.5, 0.6) is 0 Å². The number of rotatable bonds is 16. The molecule has 0 atom stereocenters. The summed E-state index contributed by atoms with van der Waals surface area (Å²) in [5.74, 6) is 0. The van der Waals surface area contributed by atoms with E-state index in [1.165, 1.54) is 50.1 Å². The van der Waals surface area contributed by atoms with E-state index in [4.69, 9.17) is 0 Å². The van der Waals surface area contributed by atoms with Crippen molar-refractivity contribution in [1.82, 2.24) is 35.6 Å². The molecular weight excluding hydrogens is 1360 g/mol. The highest BCUT2D eigenvalue weighted by atomic mass is 32.2. The Morgan fingerprint density at radius 1 is 0.224 bits per heavy atom. The van der Waals surface area contributed by atoms with Crippen molar-refractivity contribution in [2.45, 2.75) is 124 Å². The van der Waals surface area contributed by atoms with Crippen LogP contribution in [0.2, 0.25) is 0 Å². The number of aryl methyl sites for hydroxylation is 8. The summed E-state index contributed by atoms with van der Waals surface area (Å²) in [5.41, 5.74) is 8.94. The van der Waals surface area contributed by atoms with Crippen LogP contribution >= 0.6 is 0 Å². The summed E-state index contributed by atoms with van der Waals surface area (Å²) in [6.45, 7) is 16.1. The van der Waals surface area contributed by atoms with Crippen LogP contribution in [-0.2, 0) is 73.2 Å². The summed E-state index contributed by atoms with van der Waals surface area (Å²) < 4.78 is 184. The lowest BCUT2D eigenvalue weighted by molar-refractivity contribution is 0.222. The van der Waals surface area contributed by atoms with Gasteiger partial charge in [-0.2, -0.15) is 25.8 Å². The molecule has 2 heterocycles. The third-order valence-corrected chi connectivity index (χ3v) is 29.9. The molecule has 0 spiro atoms. The van der Waals surface area contributed by atoms with Crippen molar-refractivity contribution >= 4 is 60.1 Å².